The van der Waals surface area contributed by atoms with Crippen molar-refractivity contribution in [3.05, 3.63) is 46.1 Å². The summed E-state index contributed by atoms with van der Waals surface area (Å²) in [4.78, 5) is 23.7. The molecule has 3 aromatic rings. The second kappa shape index (κ2) is 7.64. The molecule has 0 atom stereocenters. The molecule has 2 heterocycles. The number of nitrogens with one attached hydrogen (secondary N) is 1. The van der Waals surface area contributed by atoms with Gasteiger partial charge in [-0.05, 0) is 62.8 Å². The number of aryl methyl sites for hydroxylation is 3. The molecule has 0 saturated heterocycles. The first kappa shape index (κ1) is 17.9. The highest BCUT2D eigenvalue weighted by atomic mass is 32.1. The van der Waals surface area contributed by atoms with Crippen molar-refractivity contribution in [2.45, 2.75) is 46.0 Å². The summed E-state index contributed by atoms with van der Waals surface area (Å²) in [5.41, 5.74) is 3.55. The van der Waals surface area contributed by atoms with Gasteiger partial charge in [0.2, 0.25) is 0 Å². The van der Waals surface area contributed by atoms with E-state index in [1.165, 1.54) is 28.8 Å². The Bertz CT molecular complexity index is 997. The van der Waals surface area contributed by atoms with Gasteiger partial charge in [0.05, 0.1) is 12.0 Å². The zero-order chi connectivity index (χ0) is 18.8. The fraction of sp³-hybridized carbons (Fsp3) is 0.381. The standard InChI is InChI=1S/C21H23N3O2S/c1-3-26-18(25)12-17-23-20(22-14-8-6-7-13(2)11-14)19-15-9-4-5-10-16(15)27-21(19)24-17/h6-8,11H,3-5,9-10,12H2,1-2H3,(H,22,23,24). The molecule has 1 aliphatic rings. The maximum Gasteiger partial charge on any atom is 0.313 e. The van der Waals surface area contributed by atoms with Gasteiger partial charge in [0.15, 0.2) is 0 Å². The lowest BCUT2D eigenvalue weighted by Gasteiger charge is -2.13. The van der Waals surface area contributed by atoms with E-state index in [0.29, 0.717) is 12.4 Å². The molecule has 1 aromatic carbocycles. The summed E-state index contributed by atoms with van der Waals surface area (Å²) in [7, 11) is 0. The predicted octanol–water partition coefficient (Wildman–Crippen LogP) is 4.73. The monoisotopic (exact) mass is 381 g/mol. The van der Waals surface area contributed by atoms with Crippen molar-refractivity contribution in [2.75, 3.05) is 11.9 Å². The Kier molecular flexibility index (Phi) is 5.07. The van der Waals surface area contributed by atoms with Crippen molar-refractivity contribution in [3.63, 3.8) is 0 Å². The van der Waals surface area contributed by atoms with Crippen molar-refractivity contribution in [2.24, 2.45) is 0 Å². The van der Waals surface area contributed by atoms with Gasteiger partial charge in [0.25, 0.3) is 0 Å². The van der Waals surface area contributed by atoms with Gasteiger partial charge in [-0.3, -0.25) is 4.79 Å². The van der Waals surface area contributed by atoms with Gasteiger partial charge in [0.1, 0.15) is 22.9 Å². The minimum absolute atomic E-state index is 0.0921. The summed E-state index contributed by atoms with van der Waals surface area (Å²) >= 11 is 1.74. The molecule has 27 heavy (non-hydrogen) atoms. The summed E-state index contributed by atoms with van der Waals surface area (Å²) in [5.74, 6) is 1.01. The van der Waals surface area contributed by atoms with E-state index < -0.39 is 0 Å². The quantitative estimate of drug-likeness (QED) is 0.648. The number of aromatic nitrogens is 2. The third-order valence-electron chi connectivity index (χ3n) is 4.75. The first-order valence-corrected chi connectivity index (χ1v) is 10.3. The van der Waals surface area contributed by atoms with Crippen LogP contribution in [0.25, 0.3) is 10.2 Å². The number of benzene rings is 1. The van der Waals surface area contributed by atoms with Gasteiger partial charge in [0, 0.05) is 10.6 Å². The SMILES string of the molecule is CCOC(=O)Cc1nc(Nc2cccc(C)c2)c2c3c(sc2n1)CCCC3. The average molecular weight is 382 g/mol. The van der Waals surface area contributed by atoms with Crippen molar-refractivity contribution in [1.82, 2.24) is 9.97 Å². The van der Waals surface area contributed by atoms with Crippen LogP contribution in [0.3, 0.4) is 0 Å². The summed E-state index contributed by atoms with van der Waals surface area (Å²) in [6.07, 6.45) is 4.69. The Morgan fingerprint density at radius 1 is 1.26 bits per heavy atom. The smallest absolute Gasteiger partial charge is 0.313 e. The van der Waals surface area contributed by atoms with Gasteiger partial charge in [-0.25, -0.2) is 9.97 Å². The Morgan fingerprint density at radius 2 is 2.11 bits per heavy atom. The first-order valence-electron chi connectivity index (χ1n) is 9.44. The third kappa shape index (κ3) is 3.81. The lowest BCUT2D eigenvalue weighted by molar-refractivity contribution is -0.142. The van der Waals surface area contributed by atoms with Crippen molar-refractivity contribution in [3.8, 4) is 0 Å². The molecule has 0 bridgehead atoms. The van der Waals surface area contributed by atoms with Gasteiger partial charge >= 0.3 is 5.97 Å². The molecule has 0 fully saturated rings. The van der Waals surface area contributed by atoms with Crippen LogP contribution in [0.4, 0.5) is 11.5 Å². The lowest BCUT2D eigenvalue weighted by Crippen LogP contribution is -2.11. The van der Waals surface area contributed by atoms with Crippen LogP contribution in [0, 0.1) is 6.92 Å². The number of rotatable bonds is 5. The second-order valence-corrected chi connectivity index (χ2v) is 7.94. The van der Waals surface area contributed by atoms with Gasteiger partial charge in [-0.15, -0.1) is 11.3 Å². The van der Waals surface area contributed by atoms with E-state index >= 15 is 0 Å². The van der Waals surface area contributed by atoms with E-state index in [4.69, 9.17) is 9.72 Å². The second-order valence-electron chi connectivity index (χ2n) is 6.86. The number of carbonyl (C=O) groups is 1. The van der Waals surface area contributed by atoms with E-state index in [1.54, 1.807) is 18.3 Å². The molecule has 0 aliphatic heterocycles. The molecule has 0 saturated carbocycles. The number of nitrogens with zero attached hydrogens (tertiary/aromatic N) is 2. The highest BCUT2D eigenvalue weighted by Gasteiger charge is 2.22. The molecular weight excluding hydrogens is 358 g/mol. The summed E-state index contributed by atoms with van der Waals surface area (Å²) in [5, 5.41) is 4.59. The fourth-order valence-corrected chi connectivity index (χ4v) is 4.85. The molecule has 0 radical (unpaired) electrons. The van der Waals surface area contributed by atoms with Crippen LogP contribution in [0.1, 0.15) is 41.6 Å². The van der Waals surface area contributed by atoms with Gasteiger partial charge in [-0.2, -0.15) is 0 Å². The number of ether oxygens (including phenoxy) is 1. The van der Waals surface area contributed by atoms with Crippen LogP contribution in [0.15, 0.2) is 24.3 Å². The zero-order valence-corrected chi connectivity index (χ0v) is 16.5. The molecule has 2 aromatic heterocycles. The van der Waals surface area contributed by atoms with E-state index in [9.17, 15) is 4.79 Å². The van der Waals surface area contributed by atoms with Crippen molar-refractivity contribution >= 4 is 39.0 Å². The number of esters is 1. The molecule has 4 rings (SSSR count). The van der Waals surface area contributed by atoms with Crippen LogP contribution in [-0.2, 0) is 28.8 Å². The number of fused-ring (bicyclic) bond motifs is 3. The van der Waals surface area contributed by atoms with Crippen LogP contribution in [-0.4, -0.2) is 22.5 Å². The van der Waals surface area contributed by atoms with Crippen LogP contribution >= 0.6 is 11.3 Å². The molecule has 6 heteroatoms. The maximum atomic E-state index is 11.9. The molecule has 140 valence electrons. The Morgan fingerprint density at radius 3 is 2.93 bits per heavy atom. The first-order chi connectivity index (χ1) is 13.1. The molecule has 5 nitrogen and oxygen atoms in total. The molecule has 1 N–H and O–H groups in total. The summed E-state index contributed by atoms with van der Waals surface area (Å²) in [6.45, 7) is 4.24. The third-order valence-corrected chi connectivity index (χ3v) is 5.94. The molecule has 0 unspecified atom stereocenters. The lowest BCUT2D eigenvalue weighted by atomic mass is 9.97. The summed E-state index contributed by atoms with van der Waals surface area (Å²) in [6, 6.07) is 8.22. The molecular formula is C21H23N3O2S. The topological polar surface area (TPSA) is 64.1 Å². The Labute approximate surface area is 162 Å². The van der Waals surface area contributed by atoms with Gasteiger partial charge < -0.3 is 10.1 Å². The largest absolute Gasteiger partial charge is 0.466 e. The van der Waals surface area contributed by atoms with Gasteiger partial charge in [-0.1, -0.05) is 12.1 Å². The molecule has 0 spiro atoms. The Hall–Kier alpha value is -2.47. The number of hydrogen-bond acceptors (Lipinski definition) is 6. The predicted molar refractivity (Wildman–Crippen MR) is 109 cm³/mol. The van der Waals surface area contributed by atoms with Crippen LogP contribution < -0.4 is 5.32 Å². The molecule has 1 aliphatic carbocycles. The number of anilines is 2. The fourth-order valence-electron chi connectivity index (χ4n) is 3.57. The van der Waals surface area contributed by atoms with E-state index in [1.807, 2.05) is 12.1 Å². The highest BCUT2D eigenvalue weighted by Crippen LogP contribution is 2.39. The normalized spacial score (nSPS) is 13.4. The maximum absolute atomic E-state index is 11.9. The number of hydrogen-bond donors (Lipinski definition) is 1. The van der Waals surface area contributed by atoms with E-state index in [-0.39, 0.29) is 12.4 Å². The molecule has 0 amide bonds. The zero-order valence-electron chi connectivity index (χ0n) is 15.7. The summed E-state index contributed by atoms with van der Waals surface area (Å²) < 4.78 is 5.08. The number of carbonyl (C=O) groups excluding carboxylic acids is 1. The minimum Gasteiger partial charge on any atom is -0.466 e. The van der Waals surface area contributed by atoms with Crippen molar-refractivity contribution in [1.29, 1.82) is 0 Å². The minimum atomic E-state index is -0.292. The van der Waals surface area contributed by atoms with Crippen LogP contribution in [0.2, 0.25) is 0 Å². The van der Waals surface area contributed by atoms with E-state index in [0.717, 1.165) is 34.6 Å². The van der Waals surface area contributed by atoms with E-state index in [2.05, 4.69) is 29.4 Å². The highest BCUT2D eigenvalue weighted by molar-refractivity contribution is 7.19. The Balaban J connectivity index is 1.79. The number of thiophene rings is 1. The van der Waals surface area contributed by atoms with Crippen LogP contribution in [0.5, 0.6) is 0 Å². The average Bonchev–Trinajstić information content (AvgIpc) is 3.00. The van der Waals surface area contributed by atoms with Crippen molar-refractivity contribution < 1.29 is 9.53 Å².